The summed E-state index contributed by atoms with van der Waals surface area (Å²) in [6, 6.07) is 17.8. The average molecular weight is 494 g/mol. The molecule has 4 aromatic rings. The number of fused-ring (bicyclic) bond motifs is 1. The van der Waals surface area contributed by atoms with Crippen LogP contribution in [-0.2, 0) is 19.9 Å². The second-order valence-corrected chi connectivity index (χ2v) is 11.2. The van der Waals surface area contributed by atoms with E-state index in [-0.39, 0.29) is 20.4 Å². The van der Waals surface area contributed by atoms with Crippen LogP contribution in [0.5, 0.6) is 0 Å². The SMILES string of the molecule is C#Cc1cccc(S(=O)(=O)c2cccc(-n3c(C(N)=O)cc4ccc(S(=O)(=O)NC)cc43)c2)c1. The quantitative estimate of drug-likeness (QED) is 0.399. The molecule has 1 heterocycles. The van der Waals surface area contributed by atoms with E-state index < -0.39 is 25.8 Å². The summed E-state index contributed by atoms with van der Waals surface area (Å²) in [4.78, 5) is 12.2. The zero-order valence-corrected chi connectivity index (χ0v) is 19.5. The lowest BCUT2D eigenvalue weighted by Gasteiger charge is -2.12. The molecular formula is C24H19N3O5S2. The normalized spacial score (nSPS) is 11.9. The summed E-state index contributed by atoms with van der Waals surface area (Å²) in [6.45, 7) is 0. The number of primary amides is 1. The first-order chi connectivity index (χ1) is 16.1. The smallest absolute Gasteiger partial charge is 0.265 e. The summed E-state index contributed by atoms with van der Waals surface area (Å²) in [7, 11) is -6.41. The van der Waals surface area contributed by atoms with Gasteiger partial charge in [0.1, 0.15) is 5.69 Å². The Morgan fingerprint density at radius 2 is 1.59 bits per heavy atom. The first-order valence-electron chi connectivity index (χ1n) is 9.89. The lowest BCUT2D eigenvalue weighted by molar-refractivity contribution is 0.0994. The average Bonchev–Trinajstić information content (AvgIpc) is 3.23. The molecule has 0 aliphatic rings. The van der Waals surface area contributed by atoms with E-state index in [0.717, 1.165) is 0 Å². The van der Waals surface area contributed by atoms with E-state index in [4.69, 9.17) is 12.2 Å². The molecule has 0 fully saturated rings. The number of nitrogens with two attached hydrogens (primary N) is 1. The highest BCUT2D eigenvalue weighted by Crippen LogP contribution is 2.29. The highest BCUT2D eigenvalue weighted by atomic mass is 32.2. The number of terminal acetylenes is 1. The number of nitrogens with zero attached hydrogens (tertiary/aromatic N) is 1. The van der Waals surface area contributed by atoms with Gasteiger partial charge in [-0.3, -0.25) is 4.79 Å². The lowest BCUT2D eigenvalue weighted by Crippen LogP contribution is -2.18. The molecule has 8 nitrogen and oxygen atoms in total. The number of benzene rings is 3. The maximum atomic E-state index is 13.3. The van der Waals surface area contributed by atoms with E-state index in [1.54, 1.807) is 24.3 Å². The number of amides is 1. The third-order valence-corrected chi connectivity index (χ3v) is 8.47. The van der Waals surface area contributed by atoms with Crippen molar-refractivity contribution in [3.63, 3.8) is 0 Å². The Morgan fingerprint density at radius 3 is 2.24 bits per heavy atom. The highest BCUT2D eigenvalue weighted by Gasteiger charge is 2.22. The van der Waals surface area contributed by atoms with E-state index in [9.17, 15) is 21.6 Å². The van der Waals surface area contributed by atoms with Gasteiger partial charge in [-0.15, -0.1) is 6.42 Å². The highest BCUT2D eigenvalue weighted by molar-refractivity contribution is 7.91. The van der Waals surface area contributed by atoms with E-state index in [0.29, 0.717) is 22.2 Å². The van der Waals surface area contributed by atoms with Gasteiger partial charge < -0.3 is 10.3 Å². The first kappa shape index (κ1) is 23.3. The molecule has 172 valence electrons. The van der Waals surface area contributed by atoms with Crippen molar-refractivity contribution in [3.8, 4) is 18.0 Å². The van der Waals surface area contributed by atoms with Crippen molar-refractivity contribution in [3.05, 3.63) is 84.1 Å². The Balaban J connectivity index is 1.96. The van der Waals surface area contributed by atoms with Crippen LogP contribution in [0.25, 0.3) is 16.6 Å². The maximum Gasteiger partial charge on any atom is 0.265 e. The maximum absolute atomic E-state index is 13.3. The zero-order valence-electron chi connectivity index (χ0n) is 17.9. The molecule has 0 spiro atoms. The second kappa shape index (κ2) is 8.46. The number of sulfone groups is 1. The van der Waals surface area contributed by atoms with E-state index in [1.165, 1.54) is 60.1 Å². The van der Waals surface area contributed by atoms with E-state index in [1.807, 2.05) is 0 Å². The van der Waals surface area contributed by atoms with Crippen LogP contribution in [0.2, 0.25) is 0 Å². The summed E-state index contributed by atoms with van der Waals surface area (Å²) < 4.78 is 54.9. The molecule has 1 aromatic heterocycles. The van der Waals surface area contributed by atoms with Gasteiger partial charge in [0.15, 0.2) is 0 Å². The molecule has 0 aliphatic heterocycles. The summed E-state index contributed by atoms with van der Waals surface area (Å²) in [5, 5.41) is 0.554. The van der Waals surface area contributed by atoms with Gasteiger partial charge in [-0.25, -0.2) is 21.6 Å². The molecule has 0 aliphatic carbocycles. The number of aromatic nitrogens is 1. The van der Waals surface area contributed by atoms with Gasteiger partial charge in [0.2, 0.25) is 19.9 Å². The van der Waals surface area contributed by atoms with Gasteiger partial charge in [0.05, 0.1) is 20.2 Å². The number of nitrogens with one attached hydrogen (secondary N) is 1. The Kier molecular flexibility index (Phi) is 5.79. The number of hydrogen-bond donors (Lipinski definition) is 2. The molecule has 0 atom stereocenters. The molecule has 0 unspecified atom stereocenters. The third kappa shape index (κ3) is 3.97. The zero-order chi connectivity index (χ0) is 24.7. The fourth-order valence-electron chi connectivity index (χ4n) is 3.60. The molecule has 3 N–H and O–H groups in total. The minimum absolute atomic E-state index is 0.0206. The van der Waals surface area contributed by atoms with Crippen LogP contribution in [0.1, 0.15) is 16.1 Å². The molecule has 34 heavy (non-hydrogen) atoms. The van der Waals surface area contributed by atoms with Crippen LogP contribution in [0.4, 0.5) is 0 Å². The summed E-state index contributed by atoms with van der Waals surface area (Å²) in [6.07, 6.45) is 5.40. The van der Waals surface area contributed by atoms with Crippen LogP contribution in [0, 0.1) is 12.3 Å². The topological polar surface area (TPSA) is 128 Å². The molecule has 0 radical (unpaired) electrons. The van der Waals surface area contributed by atoms with Gasteiger partial charge in [0, 0.05) is 16.6 Å². The van der Waals surface area contributed by atoms with Gasteiger partial charge >= 0.3 is 0 Å². The Morgan fingerprint density at radius 1 is 0.912 bits per heavy atom. The summed E-state index contributed by atoms with van der Waals surface area (Å²) in [5.41, 5.74) is 6.76. The number of sulfonamides is 1. The monoisotopic (exact) mass is 493 g/mol. The predicted molar refractivity (Wildman–Crippen MR) is 128 cm³/mol. The Labute approximate surface area is 197 Å². The van der Waals surface area contributed by atoms with Crippen LogP contribution in [0.15, 0.2) is 87.5 Å². The minimum Gasteiger partial charge on any atom is -0.364 e. The third-order valence-electron chi connectivity index (χ3n) is 5.30. The molecule has 4 rings (SSSR count). The van der Waals surface area contributed by atoms with Crippen molar-refractivity contribution >= 4 is 36.7 Å². The van der Waals surface area contributed by atoms with Gasteiger partial charge in [-0.2, -0.15) is 0 Å². The van der Waals surface area contributed by atoms with Crippen LogP contribution >= 0.6 is 0 Å². The standard InChI is InChI=1S/C24H19N3O5S2/c1-3-16-6-4-8-19(12-16)33(29,30)20-9-5-7-18(14-20)27-22-15-21(34(31,32)26-2)11-10-17(22)13-23(27)24(25)28/h1,4-15,26H,2H3,(H2,25,28). The van der Waals surface area contributed by atoms with Gasteiger partial charge in [-0.05, 0) is 61.6 Å². The fraction of sp³-hybridized carbons (Fsp3) is 0.0417. The Bertz CT molecular complexity index is 1710. The molecule has 0 saturated carbocycles. The fourth-order valence-corrected chi connectivity index (χ4v) is 5.70. The second-order valence-electron chi connectivity index (χ2n) is 7.33. The van der Waals surface area contributed by atoms with Crippen molar-refractivity contribution in [2.24, 2.45) is 5.73 Å². The molecular weight excluding hydrogens is 474 g/mol. The van der Waals surface area contributed by atoms with Crippen LogP contribution in [-0.4, -0.2) is 34.4 Å². The van der Waals surface area contributed by atoms with Crippen molar-refractivity contribution in [1.82, 2.24) is 9.29 Å². The predicted octanol–water partition coefficient (Wildman–Crippen LogP) is 2.45. The largest absolute Gasteiger partial charge is 0.364 e. The molecule has 3 aromatic carbocycles. The van der Waals surface area contributed by atoms with E-state index >= 15 is 0 Å². The first-order valence-corrected chi connectivity index (χ1v) is 12.9. The minimum atomic E-state index is -3.94. The number of hydrogen-bond acceptors (Lipinski definition) is 5. The van der Waals surface area contributed by atoms with Crippen molar-refractivity contribution in [2.75, 3.05) is 7.05 Å². The molecule has 0 saturated heterocycles. The van der Waals surface area contributed by atoms with Crippen molar-refractivity contribution in [1.29, 1.82) is 0 Å². The lowest BCUT2D eigenvalue weighted by atomic mass is 10.2. The van der Waals surface area contributed by atoms with Crippen molar-refractivity contribution in [2.45, 2.75) is 14.7 Å². The molecule has 0 bridgehead atoms. The number of rotatable bonds is 6. The van der Waals surface area contributed by atoms with Gasteiger partial charge in [0.25, 0.3) is 5.91 Å². The number of carbonyl (C=O) groups excluding carboxylic acids is 1. The molecule has 10 heteroatoms. The molecule has 1 amide bonds. The summed E-state index contributed by atoms with van der Waals surface area (Å²) in [5.74, 6) is 1.65. The Hall–Kier alpha value is -3.91. The van der Waals surface area contributed by atoms with Crippen LogP contribution in [0.3, 0.4) is 0 Å². The van der Waals surface area contributed by atoms with Gasteiger partial charge in [-0.1, -0.05) is 24.1 Å². The number of carbonyl (C=O) groups is 1. The van der Waals surface area contributed by atoms with Crippen LogP contribution < -0.4 is 10.5 Å². The van der Waals surface area contributed by atoms with E-state index in [2.05, 4.69) is 10.6 Å². The summed E-state index contributed by atoms with van der Waals surface area (Å²) >= 11 is 0. The van der Waals surface area contributed by atoms with Crippen molar-refractivity contribution < 1.29 is 21.6 Å².